The highest BCUT2D eigenvalue weighted by Gasteiger charge is 2.23. The molecule has 0 aliphatic rings. The molecule has 1 aromatic carbocycles. The van der Waals surface area contributed by atoms with Gasteiger partial charge in [0, 0.05) is 34.5 Å². The number of carbonyl (C=O) groups is 1. The second-order valence-corrected chi connectivity index (χ2v) is 10.1. The van der Waals surface area contributed by atoms with E-state index in [-0.39, 0.29) is 28.5 Å². The van der Waals surface area contributed by atoms with E-state index in [2.05, 4.69) is 40.4 Å². The van der Waals surface area contributed by atoms with Crippen LogP contribution in [0.1, 0.15) is 20.8 Å². The molecule has 5 aromatic heterocycles. The van der Waals surface area contributed by atoms with Crippen LogP contribution in [0.25, 0.3) is 55.8 Å². The molecular formula is C28H22F2N8O. The predicted molar refractivity (Wildman–Crippen MR) is 143 cm³/mol. The van der Waals surface area contributed by atoms with Crippen molar-refractivity contribution < 1.29 is 13.6 Å². The summed E-state index contributed by atoms with van der Waals surface area (Å²) in [5, 5.41) is 10.1. The number of anilines is 1. The van der Waals surface area contributed by atoms with Crippen molar-refractivity contribution in [2.24, 2.45) is 5.41 Å². The number of carbonyl (C=O) groups excluding carboxylic acids is 1. The number of halogens is 2. The Kier molecular flexibility index (Phi) is 5.63. The quantitative estimate of drug-likeness (QED) is 0.264. The Morgan fingerprint density at radius 1 is 0.923 bits per heavy atom. The third-order valence-corrected chi connectivity index (χ3v) is 6.28. The SMILES string of the molecule is CC(C)(C)C(=O)Nc1cncc(-c2ncc3[nH]nc(-c4nc5c(-c6ccccc6F)cncc5[nH]4)c3c2F)c1. The molecule has 0 aliphatic heterocycles. The molecule has 0 saturated carbocycles. The van der Waals surface area contributed by atoms with E-state index >= 15 is 4.39 Å². The van der Waals surface area contributed by atoms with Gasteiger partial charge in [-0.05, 0) is 12.1 Å². The minimum Gasteiger partial charge on any atom is -0.335 e. The summed E-state index contributed by atoms with van der Waals surface area (Å²) in [6, 6.07) is 7.96. The molecule has 3 N–H and O–H groups in total. The average molecular weight is 525 g/mol. The summed E-state index contributed by atoms with van der Waals surface area (Å²) >= 11 is 0. The third kappa shape index (κ3) is 4.27. The van der Waals surface area contributed by atoms with Gasteiger partial charge in [0.05, 0.1) is 40.7 Å². The zero-order valence-electron chi connectivity index (χ0n) is 21.2. The lowest BCUT2D eigenvalue weighted by Crippen LogP contribution is -2.27. The van der Waals surface area contributed by atoms with Gasteiger partial charge in [0.1, 0.15) is 22.7 Å². The van der Waals surface area contributed by atoms with Crippen molar-refractivity contribution in [3.05, 3.63) is 73.0 Å². The van der Waals surface area contributed by atoms with E-state index in [4.69, 9.17) is 0 Å². The van der Waals surface area contributed by atoms with E-state index in [1.54, 1.807) is 51.2 Å². The Balaban J connectivity index is 1.45. The van der Waals surface area contributed by atoms with Crippen LogP contribution in [0.4, 0.5) is 14.5 Å². The minimum absolute atomic E-state index is 0.0364. The number of amides is 1. The fraction of sp³-hybridized carbons (Fsp3) is 0.143. The predicted octanol–water partition coefficient (Wildman–Crippen LogP) is 5.89. The first-order chi connectivity index (χ1) is 18.7. The lowest BCUT2D eigenvalue weighted by atomic mass is 9.95. The van der Waals surface area contributed by atoms with Crippen LogP contribution in [0.5, 0.6) is 0 Å². The molecule has 0 unspecified atom stereocenters. The highest BCUT2D eigenvalue weighted by Crippen LogP contribution is 2.35. The van der Waals surface area contributed by atoms with Gasteiger partial charge >= 0.3 is 0 Å². The van der Waals surface area contributed by atoms with Crippen LogP contribution < -0.4 is 5.32 Å². The van der Waals surface area contributed by atoms with E-state index in [0.29, 0.717) is 38.9 Å². The Hall–Kier alpha value is -5.06. The number of fused-ring (bicyclic) bond motifs is 2. The van der Waals surface area contributed by atoms with Crippen LogP contribution in [0, 0.1) is 17.0 Å². The number of imidazole rings is 1. The van der Waals surface area contributed by atoms with Crippen LogP contribution in [-0.2, 0) is 4.79 Å². The zero-order valence-corrected chi connectivity index (χ0v) is 21.2. The molecule has 11 heteroatoms. The number of hydrogen-bond donors (Lipinski definition) is 3. The number of pyridine rings is 3. The van der Waals surface area contributed by atoms with E-state index in [0.717, 1.165) is 0 Å². The van der Waals surface area contributed by atoms with Crippen molar-refractivity contribution in [3.8, 4) is 33.9 Å². The minimum atomic E-state index is -0.634. The molecule has 6 aromatic rings. The summed E-state index contributed by atoms with van der Waals surface area (Å²) in [4.78, 5) is 32.8. The van der Waals surface area contributed by atoms with Crippen molar-refractivity contribution in [1.29, 1.82) is 0 Å². The Morgan fingerprint density at radius 3 is 2.51 bits per heavy atom. The average Bonchev–Trinajstić information content (AvgIpc) is 3.53. The van der Waals surface area contributed by atoms with Crippen LogP contribution in [-0.4, -0.2) is 41.0 Å². The molecule has 6 rings (SSSR count). The van der Waals surface area contributed by atoms with Gasteiger partial charge in [-0.15, -0.1) is 0 Å². The molecule has 0 aliphatic carbocycles. The van der Waals surface area contributed by atoms with Crippen LogP contribution in [0.15, 0.2) is 61.3 Å². The van der Waals surface area contributed by atoms with Crippen LogP contribution >= 0.6 is 0 Å². The van der Waals surface area contributed by atoms with Crippen molar-refractivity contribution in [1.82, 2.24) is 35.1 Å². The molecule has 0 atom stereocenters. The van der Waals surface area contributed by atoms with E-state index in [1.165, 1.54) is 30.9 Å². The zero-order chi connectivity index (χ0) is 27.3. The number of H-pyrrole nitrogens is 2. The van der Waals surface area contributed by atoms with Crippen LogP contribution in [0.2, 0.25) is 0 Å². The normalized spacial score (nSPS) is 11.8. The Morgan fingerprint density at radius 2 is 1.72 bits per heavy atom. The molecule has 9 nitrogen and oxygen atoms in total. The largest absolute Gasteiger partial charge is 0.335 e. The monoisotopic (exact) mass is 524 g/mol. The summed E-state index contributed by atoms with van der Waals surface area (Å²) in [6.07, 6.45) is 7.53. The van der Waals surface area contributed by atoms with Crippen molar-refractivity contribution in [3.63, 3.8) is 0 Å². The van der Waals surface area contributed by atoms with Gasteiger partial charge in [0.2, 0.25) is 5.91 Å². The topological polar surface area (TPSA) is 125 Å². The lowest BCUT2D eigenvalue weighted by molar-refractivity contribution is -0.123. The van der Waals surface area contributed by atoms with Crippen LogP contribution in [0.3, 0.4) is 0 Å². The Bertz CT molecular complexity index is 1890. The molecule has 0 bridgehead atoms. The smallest absolute Gasteiger partial charge is 0.229 e. The molecule has 194 valence electrons. The number of nitrogens with one attached hydrogen (secondary N) is 3. The van der Waals surface area contributed by atoms with E-state index in [9.17, 15) is 9.18 Å². The summed E-state index contributed by atoms with van der Waals surface area (Å²) in [6.45, 7) is 5.38. The summed E-state index contributed by atoms with van der Waals surface area (Å²) in [5.41, 5.74) is 2.69. The van der Waals surface area contributed by atoms with Gasteiger partial charge in [0.15, 0.2) is 11.6 Å². The van der Waals surface area contributed by atoms with Gasteiger partial charge in [0.25, 0.3) is 0 Å². The van der Waals surface area contributed by atoms with Gasteiger partial charge < -0.3 is 10.3 Å². The van der Waals surface area contributed by atoms with Crippen molar-refractivity contribution in [2.75, 3.05) is 5.32 Å². The summed E-state index contributed by atoms with van der Waals surface area (Å²) in [5.74, 6) is -0.957. The van der Waals surface area contributed by atoms with E-state index < -0.39 is 17.0 Å². The van der Waals surface area contributed by atoms with Gasteiger partial charge in [-0.2, -0.15) is 5.10 Å². The number of hydrogen-bond acceptors (Lipinski definition) is 6. The maximum atomic E-state index is 16.0. The first-order valence-corrected chi connectivity index (χ1v) is 12.1. The van der Waals surface area contributed by atoms with Gasteiger partial charge in [-0.3, -0.25) is 24.8 Å². The fourth-order valence-corrected chi connectivity index (χ4v) is 4.23. The van der Waals surface area contributed by atoms with E-state index in [1.807, 2.05) is 0 Å². The summed E-state index contributed by atoms with van der Waals surface area (Å²) in [7, 11) is 0. The first kappa shape index (κ1) is 24.3. The van der Waals surface area contributed by atoms with Gasteiger partial charge in [-0.1, -0.05) is 39.0 Å². The van der Waals surface area contributed by atoms with Crippen molar-refractivity contribution >= 4 is 33.5 Å². The standard InChI is InChI=1S/C28H22F2N8O/c1-28(2,3)27(39)34-15-8-14(9-31-10-15)23-22(30)21-19(13-33-23)37-38-25(21)26-35-20-12-32-11-17(24(20)36-26)16-6-4-5-7-18(16)29/h4-13H,1-3H3,(H,34,39)(H,35,36)(H,37,38). The molecule has 39 heavy (non-hydrogen) atoms. The first-order valence-electron chi connectivity index (χ1n) is 12.1. The molecule has 5 heterocycles. The molecule has 0 fully saturated rings. The third-order valence-electron chi connectivity index (χ3n) is 6.28. The number of rotatable bonds is 4. The maximum Gasteiger partial charge on any atom is 0.229 e. The maximum absolute atomic E-state index is 16.0. The fourth-order valence-electron chi connectivity index (χ4n) is 4.23. The molecule has 0 saturated heterocycles. The number of aromatic nitrogens is 7. The molecule has 0 spiro atoms. The number of benzene rings is 1. The summed E-state index contributed by atoms with van der Waals surface area (Å²) < 4.78 is 30.6. The van der Waals surface area contributed by atoms with Crippen molar-refractivity contribution in [2.45, 2.75) is 20.8 Å². The molecular weight excluding hydrogens is 502 g/mol. The molecule has 0 radical (unpaired) electrons. The lowest BCUT2D eigenvalue weighted by Gasteiger charge is -2.17. The number of aromatic amines is 2. The second kappa shape index (κ2) is 9.05. The number of nitrogens with zero attached hydrogens (tertiary/aromatic N) is 5. The highest BCUT2D eigenvalue weighted by atomic mass is 19.1. The van der Waals surface area contributed by atoms with Gasteiger partial charge in [-0.25, -0.2) is 13.8 Å². The second-order valence-electron chi connectivity index (χ2n) is 10.1. The Labute approximate surface area is 220 Å². The highest BCUT2D eigenvalue weighted by molar-refractivity contribution is 5.98. The molecule has 1 amide bonds.